The molecule has 1 atom stereocenters. The van der Waals surface area contributed by atoms with Crippen molar-refractivity contribution in [1.29, 1.82) is 0 Å². The predicted molar refractivity (Wildman–Crippen MR) is 149 cm³/mol. The number of hydrogen-bond acceptors (Lipinski definition) is 4. The second-order valence-electron chi connectivity index (χ2n) is 9.84. The summed E-state index contributed by atoms with van der Waals surface area (Å²) in [6.07, 6.45) is 6.25. The van der Waals surface area contributed by atoms with Crippen LogP contribution < -0.4 is 9.62 Å². The molecule has 0 aromatic heterocycles. The molecule has 0 bridgehead atoms. The normalized spacial score (nSPS) is 14.8. The van der Waals surface area contributed by atoms with Gasteiger partial charge in [0.2, 0.25) is 21.8 Å². The van der Waals surface area contributed by atoms with Crippen molar-refractivity contribution >= 4 is 39.1 Å². The summed E-state index contributed by atoms with van der Waals surface area (Å²) in [5, 5.41) is 3.74. The molecule has 9 heteroatoms. The Kier molecular flexibility index (Phi) is 10.4. The van der Waals surface area contributed by atoms with Crippen molar-refractivity contribution in [1.82, 2.24) is 10.2 Å². The van der Waals surface area contributed by atoms with Gasteiger partial charge in [-0.3, -0.25) is 13.9 Å². The molecule has 1 aliphatic carbocycles. The van der Waals surface area contributed by atoms with Crippen LogP contribution in [0.2, 0.25) is 5.02 Å². The number of aryl methyl sites for hydroxylation is 1. The van der Waals surface area contributed by atoms with E-state index in [1.54, 1.807) is 29.2 Å². The Bertz CT molecular complexity index is 1150. The molecule has 37 heavy (non-hydrogen) atoms. The standard InChI is InChI=1S/C28H38ClN3O4S/c1-4-26(28(34)30-24-8-5-6-9-24)31(20-22-13-15-23(29)16-14-22)27(33)10-7-19-32(37(3,35)36)25-17-11-21(2)12-18-25/h11-18,24,26H,4-10,19-20H2,1-3H3,(H,30,34)/t26-/m1/s1. The first-order valence-electron chi connectivity index (χ1n) is 13.0. The molecule has 3 rings (SSSR count). The van der Waals surface area contributed by atoms with Crippen molar-refractivity contribution < 1.29 is 18.0 Å². The zero-order chi connectivity index (χ0) is 27.0. The number of carbonyl (C=O) groups excluding carboxylic acids is 2. The van der Waals surface area contributed by atoms with E-state index in [4.69, 9.17) is 11.6 Å². The minimum absolute atomic E-state index is 0.124. The van der Waals surface area contributed by atoms with Crippen molar-refractivity contribution in [3.8, 4) is 0 Å². The fourth-order valence-corrected chi connectivity index (χ4v) is 5.88. The van der Waals surface area contributed by atoms with Crippen LogP contribution in [0.15, 0.2) is 48.5 Å². The topological polar surface area (TPSA) is 86.8 Å². The molecule has 0 spiro atoms. The molecule has 1 saturated carbocycles. The van der Waals surface area contributed by atoms with Gasteiger partial charge in [0.15, 0.2) is 0 Å². The molecule has 2 amide bonds. The molecule has 0 aliphatic heterocycles. The number of anilines is 1. The smallest absolute Gasteiger partial charge is 0.243 e. The van der Waals surface area contributed by atoms with Gasteiger partial charge in [-0.25, -0.2) is 8.42 Å². The fourth-order valence-electron chi connectivity index (χ4n) is 4.79. The number of hydrogen-bond donors (Lipinski definition) is 1. The van der Waals surface area contributed by atoms with E-state index >= 15 is 0 Å². The van der Waals surface area contributed by atoms with Gasteiger partial charge in [-0.1, -0.05) is 61.2 Å². The van der Waals surface area contributed by atoms with Crippen LogP contribution in [0.4, 0.5) is 5.69 Å². The van der Waals surface area contributed by atoms with Crippen molar-refractivity contribution in [3.63, 3.8) is 0 Å². The summed E-state index contributed by atoms with van der Waals surface area (Å²) in [6.45, 7) is 4.30. The van der Waals surface area contributed by atoms with Gasteiger partial charge in [0.05, 0.1) is 11.9 Å². The van der Waals surface area contributed by atoms with E-state index in [1.165, 1.54) is 10.6 Å². The van der Waals surface area contributed by atoms with Gasteiger partial charge in [-0.15, -0.1) is 0 Å². The van der Waals surface area contributed by atoms with Crippen molar-refractivity contribution in [2.75, 3.05) is 17.1 Å². The lowest BCUT2D eigenvalue weighted by atomic mass is 10.1. The molecule has 0 saturated heterocycles. The van der Waals surface area contributed by atoms with Crippen molar-refractivity contribution in [2.24, 2.45) is 0 Å². The monoisotopic (exact) mass is 547 g/mol. The molecule has 0 radical (unpaired) electrons. The van der Waals surface area contributed by atoms with Gasteiger partial charge < -0.3 is 10.2 Å². The second kappa shape index (κ2) is 13.3. The average molecular weight is 548 g/mol. The summed E-state index contributed by atoms with van der Waals surface area (Å²) >= 11 is 6.04. The number of nitrogens with one attached hydrogen (secondary N) is 1. The summed E-state index contributed by atoms with van der Waals surface area (Å²) in [5.74, 6) is -0.310. The quantitative estimate of drug-likeness (QED) is 0.402. The van der Waals surface area contributed by atoms with Gasteiger partial charge in [0.25, 0.3) is 0 Å². The van der Waals surface area contributed by atoms with Crippen LogP contribution in [0.25, 0.3) is 0 Å². The first kappa shape index (κ1) is 29.0. The van der Waals surface area contributed by atoms with Crippen LogP contribution in [0.1, 0.15) is 63.0 Å². The molecule has 2 aromatic carbocycles. The highest BCUT2D eigenvalue weighted by atomic mass is 35.5. The molecule has 1 aliphatic rings. The number of sulfonamides is 1. The van der Waals surface area contributed by atoms with E-state index in [9.17, 15) is 18.0 Å². The molecule has 202 valence electrons. The second-order valence-corrected chi connectivity index (χ2v) is 12.2. The molecule has 7 nitrogen and oxygen atoms in total. The SMILES string of the molecule is CC[C@H](C(=O)NC1CCCC1)N(Cc1ccc(Cl)cc1)C(=O)CCCN(c1ccc(C)cc1)S(C)(=O)=O. The summed E-state index contributed by atoms with van der Waals surface area (Å²) in [5.41, 5.74) is 2.48. The maximum absolute atomic E-state index is 13.5. The Morgan fingerprint density at radius 3 is 2.24 bits per heavy atom. The summed E-state index contributed by atoms with van der Waals surface area (Å²) in [6, 6.07) is 14.1. The Labute approximate surface area is 226 Å². The highest BCUT2D eigenvalue weighted by molar-refractivity contribution is 7.92. The largest absolute Gasteiger partial charge is 0.352 e. The van der Waals surface area contributed by atoms with E-state index in [1.807, 2.05) is 38.1 Å². The predicted octanol–water partition coefficient (Wildman–Crippen LogP) is 5.06. The Hall–Kier alpha value is -2.58. The van der Waals surface area contributed by atoms with E-state index in [2.05, 4.69) is 5.32 Å². The van der Waals surface area contributed by atoms with Crippen molar-refractivity contribution in [3.05, 3.63) is 64.7 Å². The van der Waals surface area contributed by atoms with Crippen LogP contribution in [-0.4, -0.2) is 50.0 Å². The van der Waals surface area contributed by atoms with E-state index in [0.717, 1.165) is 36.8 Å². The number of carbonyl (C=O) groups is 2. The third-order valence-electron chi connectivity index (χ3n) is 6.83. The van der Waals surface area contributed by atoms with Gasteiger partial charge in [-0.2, -0.15) is 0 Å². The van der Waals surface area contributed by atoms with Gasteiger partial charge >= 0.3 is 0 Å². The van der Waals surface area contributed by atoms with Crippen LogP contribution in [-0.2, 0) is 26.2 Å². The number of amides is 2. The molecule has 1 fully saturated rings. The maximum atomic E-state index is 13.5. The lowest BCUT2D eigenvalue weighted by Gasteiger charge is -2.32. The molecule has 2 aromatic rings. The first-order chi connectivity index (χ1) is 17.6. The zero-order valence-corrected chi connectivity index (χ0v) is 23.5. The fraction of sp³-hybridized carbons (Fsp3) is 0.500. The number of rotatable bonds is 12. The lowest BCUT2D eigenvalue weighted by molar-refractivity contribution is -0.141. The van der Waals surface area contributed by atoms with Crippen LogP contribution >= 0.6 is 11.6 Å². The number of halogens is 1. The molecule has 0 unspecified atom stereocenters. The molecule has 1 N–H and O–H groups in total. The van der Waals surface area contributed by atoms with E-state index in [0.29, 0.717) is 23.6 Å². The highest BCUT2D eigenvalue weighted by Crippen LogP contribution is 2.22. The third kappa shape index (κ3) is 8.47. The number of benzene rings is 2. The lowest BCUT2D eigenvalue weighted by Crippen LogP contribution is -2.51. The zero-order valence-electron chi connectivity index (χ0n) is 22.0. The molecular formula is C28H38ClN3O4S. The minimum Gasteiger partial charge on any atom is -0.352 e. The van der Waals surface area contributed by atoms with Gasteiger partial charge in [0.1, 0.15) is 6.04 Å². The Morgan fingerprint density at radius 1 is 1.05 bits per heavy atom. The van der Waals surface area contributed by atoms with Gasteiger partial charge in [0, 0.05) is 30.6 Å². The summed E-state index contributed by atoms with van der Waals surface area (Å²) in [4.78, 5) is 28.4. The van der Waals surface area contributed by atoms with Crippen LogP contribution in [0.3, 0.4) is 0 Å². The van der Waals surface area contributed by atoms with Gasteiger partial charge in [-0.05, 0) is 62.4 Å². The summed E-state index contributed by atoms with van der Waals surface area (Å²) in [7, 11) is -3.52. The Balaban J connectivity index is 1.74. The van der Waals surface area contributed by atoms with Crippen LogP contribution in [0.5, 0.6) is 0 Å². The molecular weight excluding hydrogens is 510 g/mol. The third-order valence-corrected chi connectivity index (χ3v) is 8.27. The van der Waals surface area contributed by atoms with Crippen molar-refractivity contribution in [2.45, 2.75) is 77.4 Å². The number of nitrogens with zero attached hydrogens (tertiary/aromatic N) is 2. The highest BCUT2D eigenvalue weighted by Gasteiger charge is 2.30. The summed E-state index contributed by atoms with van der Waals surface area (Å²) < 4.78 is 26.3. The Morgan fingerprint density at radius 2 is 1.68 bits per heavy atom. The maximum Gasteiger partial charge on any atom is 0.243 e. The van der Waals surface area contributed by atoms with E-state index < -0.39 is 16.1 Å². The van der Waals surface area contributed by atoms with E-state index in [-0.39, 0.29) is 37.4 Å². The molecule has 0 heterocycles. The average Bonchev–Trinajstić information content (AvgIpc) is 3.36. The first-order valence-corrected chi connectivity index (χ1v) is 15.2. The minimum atomic E-state index is -3.52. The van der Waals surface area contributed by atoms with Crippen LogP contribution in [0, 0.1) is 6.92 Å².